The fraction of sp³-hybridized carbons (Fsp3) is 0.769. The van der Waals surface area contributed by atoms with Crippen molar-refractivity contribution in [2.24, 2.45) is 18.9 Å². The first-order valence-corrected chi connectivity index (χ1v) is 6.90. The van der Waals surface area contributed by atoms with E-state index in [0.29, 0.717) is 0 Å². The molecule has 0 radical (unpaired) electrons. The largest absolute Gasteiger partial charge is 0.317 e. The standard InChI is InChI=1S/C13H22ClN3/c1-4-15-8-11-6-5-10(11)7-12-13(14)9(2)16-17(12)3/h10-11,15H,4-8H2,1-3H3. The van der Waals surface area contributed by atoms with Gasteiger partial charge in [-0.1, -0.05) is 18.5 Å². The molecule has 1 saturated carbocycles. The van der Waals surface area contributed by atoms with E-state index in [2.05, 4.69) is 17.3 Å². The topological polar surface area (TPSA) is 29.9 Å². The summed E-state index contributed by atoms with van der Waals surface area (Å²) in [5, 5.41) is 8.69. The number of aromatic nitrogens is 2. The van der Waals surface area contributed by atoms with E-state index in [0.717, 1.165) is 42.1 Å². The van der Waals surface area contributed by atoms with E-state index < -0.39 is 0 Å². The first-order valence-electron chi connectivity index (χ1n) is 6.52. The van der Waals surface area contributed by atoms with Crippen LogP contribution in [0.25, 0.3) is 0 Å². The molecular formula is C13H22ClN3. The zero-order chi connectivity index (χ0) is 12.4. The number of hydrogen-bond donors (Lipinski definition) is 1. The molecule has 0 aliphatic heterocycles. The Kier molecular flexibility index (Phi) is 4.10. The average Bonchev–Trinajstić information content (AvgIpc) is 2.50. The second-order valence-corrected chi connectivity index (χ2v) is 5.46. The third-order valence-corrected chi connectivity index (χ3v) is 4.44. The van der Waals surface area contributed by atoms with Crippen LogP contribution in [-0.4, -0.2) is 22.9 Å². The van der Waals surface area contributed by atoms with Crippen molar-refractivity contribution in [1.82, 2.24) is 15.1 Å². The van der Waals surface area contributed by atoms with Gasteiger partial charge in [0.15, 0.2) is 0 Å². The monoisotopic (exact) mass is 255 g/mol. The van der Waals surface area contributed by atoms with Gasteiger partial charge in [0.2, 0.25) is 0 Å². The van der Waals surface area contributed by atoms with Crippen LogP contribution in [0.4, 0.5) is 0 Å². The van der Waals surface area contributed by atoms with Crippen LogP contribution in [0, 0.1) is 18.8 Å². The van der Waals surface area contributed by atoms with Crippen molar-refractivity contribution in [2.75, 3.05) is 13.1 Å². The van der Waals surface area contributed by atoms with E-state index in [9.17, 15) is 0 Å². The predicted octanol–water partition coefficient (Wildman–Crippen LogP) is 2.56. The molecule has 2 atom stereocenters. The summed E-state index contributed by atoms with van der Waals surface area (Å²) in [6.45, 7) is 6.35. The third-order valence-electron chi connectivity index (χ3n) is 3.95. The van der Waals surface area contributed by atoms with Crippen molar-refractivity contribution in [3.63, 3.8) is 0 Å². The highest BCUT2D eigenvalue weighted by atomic mass is 35.5. The Hall–Kier alpha value is -0.540. The number of nitrogens with one attached hydrogen (secondary N) is 1. The lowest BCUT2D eigenvalue weighted by molar-refractivity contribution is 0.169. The second kappa shape index (κ2) is 5.40. The summed E-state index contributed by atoms with van der Waals surface area (Å²) in [7, 11) is 1.99. The van der Waals surface area contributed by atoms with Crippen molar-refractivity contribution in [1.29, 1.82) is 0 Å². The van der Waals surface area contributed by atoms with Gasteiger partial charge >= 0.3 is 0 Å². The highest BCUT2D eigenvalue weighted by Gasteiger charge is 2.31. The van der Waals surface area contributed by atoms with E-state index in [1.165, 1.54) is 18.5 Å². The fourth-order valence-corrected chi connectivity index (χ4v) is 2.89. The van der Waals surface area contributed by atoms with Crippen molar-refractivity contribution >= 4 is 11.6 Å². The normalized spacial score (nSPS) is 23.8. The van der Waals surface area contributed by atoms with Crippen molar-refractivity contribution in [3.05, 3.63) is 16.4 Å². The van der Waals surface area contributed by atoms with Gasteiger partial charge in [0.05, 0.1) is 16.4 Å². The second-order valence-electron chi connectivity index (χ2n) is 5.08. The number of hydrogen-bond acceptors (Lipinski definition) is 2. The summed E-state index contributed by atoms with van der Waals surface area (Å²) in [6.07, 6.45) is 3.76. The highest BCUT2D eigenvalue weighted by Crippen LogP contribution is 2.37. The molecule has 0 bridgehead atoms. The molecule has 3 nitrogen and oxygen atoms in total. The molecule has 0 amide bonds. The average molecular weight is 256 g/mol. The summed E-state index contributed by atoms with van der Waals surface area (Å²) in [4.78, 5) is 0. The minimum atomic E-state index is 0.779. The van der Waals surface area contributed by atoms with E-state index in [-0.39, 0.29) is 0 Å². The van der Waals surface area contributed by atoms with Crippen LogP contribution < -0.4 is 5.32 Å². The lowest BCUT2D eigenvalue weighted by Gasteiger charge is -2.37. The molecule has 1 aromatic rings. The van der Waals surface area contributed by atoms with Gasteiger partial charge in [-0.3, -0.25) is 4.68 Å². The van der Waals surface area contributed by atoms with Crippen LogP contribution in [0.15, 0.2) is 0 Å². The Morgan fingerprint density at radius 3 is 2.59 bits per heavy atom. The minimum absolute atomic E-state index is 0.779. The Bertz CT molecular complexity index is 386. The summed E-state index contributed by atoms with van der Waals surface area (Å²) in [5.74, 6) is 1.60. The molecule has 1 heterocycles. The Balaban J connectivity index is 1.96. The molecule has 96 valence electrons. The van der Waals surface area contributed by atoms with Gasteiger partial charge in [-0.05, 0) is 51.1 Å². The maximum absolute atomic E-state index is 6.29. The molecule has 1 aliphatic rings. The van der Waals surface area contributed by atoms with Crippen molar-refractivity contribution < 1.29 is 0 Å². The Labute approximate surface area is 109 Å². The van der Waals surface area contributed by atoms with Gasteiger partial charge in [-0.25, -0.2) is 0 Å². The molecule has 0 saturated heterocycles. The Morgan fingerprint density at radius 2 is 2.12 bits per heavy atom. The molecule has 1 fully saturated rings. The van der Waals surface area contributed by atoms with Gasteiger partial charge in [0.1, 0.15) is 0 Å². The molecule has 17 heavy (non-hydrogen) atoms. The van der Waals surface area contributed by atoms with Crippen LogP contribution in [0.3, 0.4) is 0 Å². The maximum atomic E-state index is 6.29. The number of aryl methyl sites for hydroxylation is 2. The number of halogens is 1. The first kappa shape index (κ1) is 12.9. The predicted molar refractivity (Wildman–Crippen MR) is 71.4 cm³/mol. The van der Waals surface area contributed by atoms with E-state index in [4.69, 9.17) is 11.6 Å². The number of nitrogens with zero attached hydrogens (tertiary/aromatic N) is 2. The van der Waals surface area contributed by atoms with Gasteiger partial charge in [-0.2, -0.15) is 5.10 Å². The summed E-state index contributed by atoms with van der Waals surface area (Å²) < 4.78 is 1.94. The molecule has 1 N–H and O–H groups in total. The number of rotatable bonds is 5. The van der Waals surface area contributed by atoms with Gasteiger partial charge in [-0.15, -0.1) is 0 Å². The minimum Gasteiger partial charge on any atom is -0.317 e. The molecule has 4 heteroatoms. The van der Waals surface area contributed by atoms with Crippen LogP contribution in [0.2, 0.25) is 5.02 Å². The van der Waals surface area contributed by atoms with E-state index >= 15 is 0 Å². The molecule has 2 rings (SSSR count). The molecule has 1 aromatic heterocycles. The fourth-order valence-electron chi connectivity index (χ4n) is 2.66. The third kappa shape index (κ3) is 2.66. The van der Waals surface area contributed by atoms with E-state index in [1.54, 1.807) is 0 Å². The van der Waals surface area contributed by atoms with Crippen LogP contribution in [-0.2, 0) is 13.5 Å². The van der Waals surface area contributed by atoms with Crippen LogP contribution in [0.5, 0.6) is 0 Å². The zero-order valence-electron chi connectivity index (χ0n) is 11.0. The molecule has 0 spiro atoms. The zero-order valence-corrected chi connectivity index (χ0v) is 11.7. The molecule has 0 aromatic carbocycles. The van der Waals surface area contributed by atoms with Gasteiger partial charge < -0.3 is 5.32 Å². The summed E-state index contributed by atoms with van der Waals surface area (Å²) in [5.41, 5.74) is 2.15. The lowest BCUT2D eigenvalue weighted by atomic mass is 9.71. The smallest absolute Gasteiger partial charge is 0.0847 e. The van der Waals surface area contributed by atoms with Crippen LogP contribution >= 0.6 is 11.6 Å². The molecular weight excluding hydrogens is 234 g/mol. The summed E-state index contributed by atoms with van der Waals surface area (Å²) in [6, 6.07) is 0. The summed E-state index contributed by atoms with van der Waals surface area (Å²) >= 11 is 6.29. The molecule has 1 aliphatic carbocycles. The quantitative estimate of drug-likeness (QED) is 0.877. The SMILES string of the molecule is CCNCC1CCC1Cc1c(Cl)c(C)nn1C. The van der Waals surface area contributed by atoms with Crippen LogP contribution in [0.1, 0.15) is 31.2 Å². The van der Waals surface area contributed by atoms with Crippen molar-refractivity contribution in [3.8, 4) is 0 Å². The van der Waals surface area contributed by atoms with Gasteiger partial charge in [0, 0.05) is 7.05 Å². The first-order chi connectivity index (χ1) is 8.13. The van der Waals surface area contributed by atoms with E-state index in [1.807, 2.05) is 18.7 Å². The lowest BCUT2D eigenvalue weighted by Crippen LogP contribution is -2.36. The Morgan fingerprint density at radius 1 is 1.41 bits per heavy atom. The maximum Gasteiger partial charge on any atom is 0.0847 e. The molecule has 2 unspecified atom stereocenters. The van der Waals surface area contributed by atoms with Gasteiger partial charge in [0.25, 0.3) is 0 Å². The van der Waals surface area contributed by atoms with Crippen molar-refractivity contribution in [2.45, 2.75) is 33.1 Å². The highest BCUT2D eigenvalue weighted by molar-refractivity contribution is 6.31.